The van der Waals surface area contributed by atoms with Gasteiger partial charge in [0.2, 0.25) is 5.13 Å². The molecule has 7 heteroatoms. The smallest absolute Gasteiger partial charge is 0.319 e. The first kappa shape index (κ1) is 16.6. The molecule has 0 spiro atoms. The average Bonchev–Trinajstić information content (AvgIpc) is 3.11. The molecule has 0 aliphatic carbocycles. The fraction of sp³-hybridized carbons (Fsp3) is 0.412. The molecule has 6 nitrogen and oxygen atoms in total. The van der Waals surface area contributed by atoms with Crippen LogP contribution in [0.3, 0.4) is 0 Å². The molecule has 0 saturated carbocycles. The molecule has 1 N–H and O–H groups in total. The van der Waals surface area contributed by atoms with Crippen molar-refractivity contribution in [1.29, 1.82) is 0 Å². The zero-order valence-corrected chi connectivity index (χ0v) is 15.0. The predicted molar refractivity (Wildman–Crippen MR) is 93.0 cm³/mol. The van der Waals surface area contributed by atoms with Gasteiger partial charge in [0.15, 0.2) is 0 Å². The zero-order valence-electron chi connectivity index (χ0n) is 14.2. The van der Waals surface area contributed by atoms with Crippen molar-refractivity contribution in [2.45, 2.75) is 45.1 Å². The molecule has 1 aromatic carbocycles. The normalized spacial score (nSPS) is 21.2. The van der Waals surface area contributed by atoms with Gasteiger partial charge in [0.1, 0.15) is 10.5 Å². The van der Waals surface area contributed by atoms with Crippen molar-refractivity contribution in [3.05, 3.63) is 40.9 Å². The molecule has 24 heavy (non-hydrogen) atoms. The minimum atomic E-state index is -1.05. The first-order valence-corrected chi connectivity index (χ1v) is 8.67. The number of nitrogens with zero attached hydrogens (tertiary/aromatic N) is 3. The lowest BCUT2D eigenvalue weighted by molar-refractivity contribution is -0.122. The molecule has 1 aromatic heterocycles. The number of carbonyl (C=O) groups excluding carboxylic acids is 2. The highest BCUT2D eigenvalue weighted by atomic mass is 32.1. The molecule has 3 rings (SSSR count). The van der Waals surface area contributed by atoms with E-state index in [1.807, 2.05) is 58.0 Å². The van der Waals surface area contributed by atoms with Gasteiger partial charge in [0.05, 0.1) is 0 Å². The van der Waals surface area contributed by atoms with E-state index in [4.69, 9.17) is 0 Å². The number of hydrogen-bond acceptors (Lipinski definition) is 5. The van der Waals surface area contributed by atoms with Crippen LogP contribution >= 0.6 is 11.3 Å². The summed E-state index contributed by atoms with van der Waals surface area (Å²) in [4.78, 5) is 26.7. The molecule has 1 aliphatic rings. The molecule has 1 fully saturated rings. The Morgan fingerprint density at radius 1 is 1.17 bits per heavy atom. The lowest BCUT2D eigenvalue weighted by Crippen LogP contribution is -2.43. The van der Waals surface area contributed by atoms with Crippen molar-refractivity contribution < 1.29 is 9.59 Å². The number of aromatic nitrogens is 2. The molecule has 1 saturated heterocycles. The van der Waals surface area contributed by atoms with Crippen LogP contribution in [0.25, 0.3) is 0 Å². The summed E-state index contributed by atoms with van der Waals surface area (Å²) in [5.41, 5.74) is -0.462. The fourth-order valence-electron chi connectivity index (χ4n) is 2.72. The summed E-state index contributed by atoms with van der Waals surface area (Å²) in [5, 5.41) is 12.2. The van der Waals surface area contributed by atoms with Gasteiger partial charge in [-0.25, -0.2) is 9.69 Å². The molecular formula is C17H20N4O2S. The Labute approximate surface area is 144 Å². The molecule has 1 atom stereocenters. The van der Waals surface area contributed by atoms with Crippen molar-refractivity contribution in [2.24, 2.45) is 0 Å². The first-order valence-electron chi connectivity index (χ1n) is 7.86. The third-order valence-electron chi connectivity index (χ3n) is 4.14. The molecule has 2 heterocycles. The monoisotopic (exact) mass is 344 g/mol. The van der Waals surface area contributed by atoms with E-state index in [1.54, 1.807) is 0 Å². The lowest BCUT2D eigenvalue weighted by Gasteiger charge is -2.25. The number of carbonyl (C=O) groups is 2. The summed E-state index contributed by atoms with van der Waals surface area (Å²) < 4.78 is 0. The topological polar surface area (TPSA) is 75.2 Å². The van der Waals surface area contributed by atoms with Gasteiger partial charge in [-0.05, 0) is 12.0 Å². The van der Waals surface area contributed by atoms with Crippen LogP contribution in [0.5, 0.6) is 0 Å². The van der Waals surface area contributed by atoms with Crippen LogP contribution in [-0.2, 0) is 15.7 Å². The van der Waals surface area contributed by atoms with Crippen LogP contribution in [0.1, 0.15) is 44.7 Å². The van der Waals surface area contributed by atoms with Gasteiger partial charge in [0, 0.05) is 5.41 Å². The van der Waals surface area contributed by atoms with E-state index in [0.717, 1.165) is 15.5 Å². The van der Waals surface area contributed by atoms with Crippen LogP contribution in [0.15, 0.2) is 30.3 Å². The van der Waals surface area contributed by atoms with E-state index in [0.29, 0.717) is 11.6 Å². The quantitative estimate of drug-likeness (QED) is 0.868. The van der Waals surface area contributed by atoms with E-state index >= 15 is 0 Å². The van der Waals surface area contributed by atoms with E-state index in [1.165, 1.54) is 11.3 Å². The standard InChI is InChI=1S/C17H20N4O2S/c1-5-17(11-9-7-6-8-10-11)13(22)21(14(23)18-17)15-20-19-12(24-15)16(2,3)4/h6-10H,5H2,1-4H3,(H,18,23). The molecule has 1 aliphatic heterocycles. The van der Waals surface area contributed by atoms with Crippen molar-refractivity contribution in [1.82, 2.24) is 15.5 Å². The van der Waals surface area contributed by atoms with Crippen molar-refractivity contribution in [2.75, 3.05) is 4.90 Å². The molecule has 1 unspecified atom stereocenters. The summed E-state index contributed by atoms with van der Waals surface area (Å²) in [6.07, 6.45) is 0.461. The van der Waals surface area contributed by atoms with Gasteiger partial charge in [-0.1, -0.05) is 69.4 Å². The van der Waals surface area contributed by atoms with Crippen molar-refractivity contribution >= 4 is 28.4 Å². The number of rotatable bonds is 3. The number of nitrogens with one attached hydrogen (secondary N) is 1. The summed E-state index contributed by atoms with van der Waals surface area (Å²) in [5.74, 6) is -0.308. The second kappa shape index (κ2) is 5.66. The lowest BCUT2D eigenvalue weighted by atomic mass is 9.87. The molecular weight excluding hydrogens is 324 g/mol. The van der Waals surface area contributed by atoms with Crippen LogP contribution < -0.4 is 10.2 Å². The average molecular weight is 344 g/mol. The number of anilines is 1. The van der Waals surface area contributed by atoms with Crippen LogP contribution in [0.2, 0.25) is 0 Å². The Morgan fingerprint density at radius 3 is 2.38 bits per heavy atom. The van der Waals surface area contributed by atoms with Crippen molar-refractivity contribution in [3.8, 4) is 0 Å². The third-order valence-corrected chi connectivity index (χ3v) is 5.47. The first-order chi connectivity index (χ1) is 11.3. The van der Waals surface area contributed by atoms with Crippen LogP contribution in [0.4, 0.5) is 9.93 Å². The molecule has 126 valence electrons. The second-order valence-electron chi connectivity index (χ2n) is 6.84. The summed E-state index contributed by atoms with van der Waals surface area (Å²) in [6, 6.07) is 8.85. The number of amides is 3. The maximum absolute atomic E-state index is 13.1. The highest BCUT2D eigenvalue weighted by Gasteiger charge is 2.53. The molecule has 2 aromatic rings. The van der Waals surface area contributed by atoms with Gasteiger partial charge in [-0.15, -0.1) is 10.2 Å². The Hall–Kier alpha value is -2.28. The Bertz CT molecular complexity index is 781. The summed E-state index contributed by atoms with van der Waals surface area (Å²) in [6.45, 7) is 7.94. The zero-order chi connectivity index (χ0) is 17.5. The van der Waals surface area contributed by atoms with Gasteiger partial charge in [-0.3, -0.25) is 4.79 Å². The maximum atomic E-state index is 13.1. The number of hydrogen-bond donors (Lipinski definition) is 1. The van der Waals surface area contributed by atoms with Crippen LogP contribution in [0, 0.1) is 0 Å². The number of imide groups is 1. The minimum Gasteiger partial charge on any atom is -0.319 e. The fourth-order valence-corrected chi connectivity index (χ4v) is 3.62. The SMILES string of the molecule is CCC1(c2ccccc2)NC(=O)N(c2nnc(C(C)(C)C)s2)C1=O. The highest BCUT2D eigenvalue weighted by Crippen LogP contribution is 2.37. The number of urea groups is 1. The van der Waals surface area contributed by atoms with E-state index in [9.17, 15) is 9.59 Å². The van der Waals surface area contributed by atoms with E-state index in [-0.39, 0.29) is 11.3 Å². The summed E-state index contributed by atoms with van der Waals surface area (Å²) >= 11 is 1.27. The number of benzene rings is 1. The molecule has 0 bridgehead atoms. The predicted octanol–water partition coefficient (Wildman–Crippen LogP) is 3.20. The van der Waals surface area contributed by atoms with Crippen LogP contribution in [-0.4, -0.2) is 22.1 Å². The molecule has 3 amide bonds. The Balaban J connectivity index is 2.02. The van der Waals surface area contributed by atoms with Gasteiger partial charge >= 0.3 is 6.03 Å². The third kappa shape index (κ3) is 2.49. The highest BCUT2D eigenvalue weighted by molar-refractivity contribution is 7.15. The van der Waals surface area contributed by atoms with Gasteiger partial charge < -0.3 is 5.32 Å². The summed E-state index contributed by atoms with van der Waals surface area (Å²) in [7, 11) is 0. The Morgan fingerprint density at radius 2 is 1.83 bits per heavy atom. The minimum absolute atomic E-state index is 0.184. The second-order valence-corrected chi connectivity index (χ2v) is 7.79. The van der Waals surface area contributed by atoms with Gasteiger partial charge in [0.25, 0.3) is 5.91 Å². The maximum Gasteiger partial charge on any atom is 0.331 e. The van der Waals surface area contributed by atoms with E-state index < -0.39 is 11.6 Å². The van der Waals surface area contributed by atoms with Crippen molar-refractivity contribution in [3.63, 3.8) is 0 Å². The molecule has 0 radical (unpaired) electrons. The largest absolute Gasteiger partial charge is 0.331 e. The Kier molecular flexibility index (Phi) is 3.91. The van der Waals surface area contributed by atoms with E-state index in [2.05, 4.69) is 15.5 Å². The van der Waals surface area contributed by atoms with Gasteiger partial charge in [-0.2, -0.15) is 0 Å².